The predicted molar refractivity (Wildman–Crippen MR) is 106 cm³/mol. The van der Waals surface area contributed by atoms with Gasteiger partial charge in [-0.15, -0.1) is 0 Å². The lowest BCUT2D eigenvalue weighted by molar-refractivity contribution is -0.686. The number of aryl methyl sites for hydroxylation is 2. The minimum absolute atomic E-state index is 0.0746. The number of phenols is 2. The van der Waals surface area contributed by atoms with Crippen LogP contribution in [0.1, 0.15) is 12.5 Å². The van der Waals surface area contributed by atoms with E-state index in [9.17, 15) is 20.1 Å². The number of pyridine rings is 1. The summed E-state index contributed by atoms with van der Waals surface area (Å²) in [6, 6.07) is 9.23. The molecule has 2 heterocycles. The maximum Gasteiger partial charge on any atom is 0.213 e. The highest BCUT2D eigenvalue weighted by molar-refractivity contribution is 5.91. The number of aromatic nitrogens is 1. The molecule has 4 rings (SSSR count). The monoisotopic (exact) mass is 413 g/mol. The zero-order valence-electron chi connectivity index (χ0n) is 16.9. The second-order valence-corrected chi connectivity index (χ2v) is 6.90. The van der Waals surface area contributed by atoms with Crippen molar-refractivity contribution in [1.29, 1.82) is 0 Å². The van der Waals surface area contributed by atoms with Crippen LogP contribution in [0.5, 0.6) is 23.0 Å². The number of hydrogen-bond donors (Lipinski definition) is 3. The van der Waals surface area contributed by atoms with E-state index in [4.69, 9.17) is 14.6 Å². The maximum absolute atomic E-state index is 9.87. The van der Waals surface area contributed by atoms with Crippen LogP contribution in [0.2, 0.25) is 0 Å². The van der Waals surface area contributed by atoms with E-state index in [-0.39, 0.29) is 11.5 Å². The van der Waals surface area contributed by atoms with Gasteiger partial charge in [0.25, 0.3) is 0 Å². The zero-order chi connectivity index (χ0) is 22.0. The smallest absolute Gasteiger partial charge is 0.213 e. The van der Waals surface area contributed by atoms with E-state index in [2.05, 4.69) is 16.8 Å². The van der Waals surface area contributed by atoms with Crippen molar-refractivity contribution in [3.8, 4) is 34.3 Å². The average Bonchev–Trinajstić information content (AvgIpc) is 2.72. The molecule has 0 aliphatic carbocycles. The van der Waals surface area contributed by atoms with Gasteiger partial charge in [-0.1, -0.05) is 0 Å². The van der Waals surface area contributed by atoms with Crippen LogP contribution in [0.15, 0.2) is 36.5 Å². The largest absolute Gasteiger partial charge is 0.547 e. The highest BCUT2D eigenvalue weighted by atomic mass is 16.5. The molecule has 0 amide bonds. The molecule has 0 fully saturated rings. The van der Waals surface area contributed by atoms with E-state index >= 15 is 0 Å². The number of carbonyl (C=O) groups excluding carboxylic acids is 1. The average molecular weight is 413 g/mol. The van der Waals surface area contributed by atoms with Crippen LogP contribution in [-0.4, -0.2) is 41.6 Å². The van der Waals surface area contributed by atoms with Gasteiger partial charge in [0, 0.05) is 12.5 Å². The second-order valence-electron chi connectivity index (χ2n) is 6.90. The van der Waals surface area contributed by atoms with Crippen LogP contribution < -0.4 is 19.1 Å². The molecular weight excluding hydrogens is 390 g/mol. The van der Waals surface area contributed by atoms with E-state index in [1.807, 2.05) is 12.1 Å². The molecule has 0 radical (unpaired) electrons. The summed E-state index contributed by atoms with van der Waals surface area (Å²) >= 11 is 0. The molecule has 30 heavy (non-hydrogen) atoms. The lowest BCUT2D eigenvalue weighted by Gasteiger charge is -2.17. The quantitative estimate of drug-likeness (QED) is 0.430. The number of fused-ring (bicyclic) bond motifs is 4. The van der Waals surface area contributed by atoms with Gasteiger partial charge in [0.15, 0.2) is 35.7 Å². The van der Waals surface area contributed by atoms with Crippen LogP contribution in [0, 0.1) is 0 Å². The number of methoxy groups -OCH3 is 2. The standard InChI is InChI=1S/C19H17NO4.C3H6O3/c1-23-18-4-3-11-7-15-13-9-17(22)16(21)8-12(13)5-6-20(15)10-14(11)19(18)24-2;1-2(4)3(5)6/h3-4,7-10,22H,5-6H2,1-2H3;2,4H,1H3,(H,5,6). The fourth-order valence-corrected chi connectivity index (χ4v) is 3.40. The van der Waals surface area contributed by atoms with Crippen LogP contribution in [0.3, 0.4) is 0 Å². The van der Waals surface area contributed by atoms with Crippen molar-refractivity contribution < 1.29 is 39.3 Å². The number of aromatic hydroxyl groups is 2. The lowest BCUT2D eigenvalue weighted by atomic mass is 9.95. The molecule has 1 aromatic heterocycles. The molecule has 0 saturated heterocycles. The number of nitrogens with zero attached hydrogens (tertiary/aromatic N) is 1. The minimum Gasteiger partial charge on any atom is -0.547 e. The first-order valence-corrected chi connectivity index (χ1v) is 9.29. The molecule has 1 atom stereocenters. The lowest BCUT2D eigenvalue weighted by Crippen LogP contribution is -2.40. The first-order valence-electron chi connectivity index (χ1n) is 9.29. The van der Waals surface area contributed by atoms with Crippen LogP contribution in [-0.2, 0) is 17.8 Å². The summed E-state index contributed by atoms with van der Waals surface area (Å²) in [5, 5.41) is 38.9. The number of phenolic OH excluding ortho intramolecular Hbond substituents is 2. The number of rotatable bonds is 3. The van der Waals surface area contributed by atoms with E-state index in [0.717, 1.165) is 47.5 Å². The third-order valence-electron chi connectivity index (χ3n) is 4.94. The first-order chi connectivity index (χ1) is 14.3. The molecule has 0 bridgehead atoms. The summed E-state index contributed by atoms with van der Waals surface area (Å²) < 4.78 is 13.1. The Kier molecular flexibility index (Phi) is 5.98. The van der Waals surface area contributed by atoms with Gasteiger partial charge in [0.2, 0.25) is 5.69 Å². The fourth-order valence-electron chi connectivity index (χ4n) is 3.40. The van der Waals surface area contributed by atoms with Gasteiger partial charge >= 0.3 is 0 Å². The number of aliphatic hydroxyl groups is 1. The number of carboxylic acids is 1. The predicted octanol–water partition coefficient (Wildman–Crippen LogP) is 0.896. The van der Waals surface area contributed by atoms with E-state index in [1.165, 1.54) is 0 Å². The number of aliphatic carboxylic acids is 1. The number of hydrogen-bond acceptors (Lipinski definition) is 7. The normalized spacial score (nSPS) is 12.8. The van der Waals surface area contributed by atoms with Gasteiger partial charge in [0.1, 0.15) is 0 Å². The molecule has 8 nitrogen and oxygen atoms in total. The molecule has 8 heteroatoms. The van der Waals surface area contributed by atoms with Crippen LogP contribution in [0.4, 0.5) is 0 Å². The molecule has 2 aromatic carbocycles. The Labute approximate surface area is 173 Å². The SMILES string of the molecule is CC(O)C(=O)[O-].COc1ccc2cc3[n+](cc2c1OC)CCc1cc(O)c(O)cc1-3. The first kappa shape index (κ1) is 21.2. The van der Waals surface area contributed by atoms with Crippen molar-refractivity contribution in [1.82, 2.24) is 0 Å². The van der Waals surface area contributed by atoms with Crippen molar-refractivity contribution in [2.45, 2.75) is 26.0 Å². The molecule has 0 spiro atoms. The second kappa shape index (κ2) is 8.46. The molecule has 1 unspecified atom stereocenters. The minimum atomic E-state index is -1.44. The van der Waals surface area contributed by atoms with Gasteiger partial charge in [-0.2, -0.15) is 4.57 Å². The highest BCUT2D eigenvalue weighted by Gasteiger charge is 2.26. The van der Waals surface area contributed by atoms with Crippen LogP contribution >= 0.6 is 0 Å². The summed E-state index contributed by atoms with van der Waals surface area (Å²) in [5.41, 5.74) is 2.98. The van der Waals surface area contributed by atoms with Crippen molar-refractivity contribution in [3.05, 3.63) is 42.1 Å². The number of aliphatic hydroxyl groups excluding tert-OH is 1. The third kappa shape index (κ3) is 3.95. The number of ether oxygens (including phenoxy) is 2. The summed E-state index contributed by atoms with van der Waals surface area (Å²) in [6.45, 7) is 1.93. The number of benzene rings is 2. The van der Waals surface area contributed by atoms with E-state index in [1.54, 1.807) is 26.4 Å². The molecular formula is C22H23NO7. The van der Waals surface area contributed by atoms with Crippen LogP contribution in [0.25, 0.3) is 22.0 Å². The molecule has 3 N–H and O–H groups in total. The highest BCUT2D eigenvalue weighted by Crippen LogP contribution is 2.39. The van der Waals surface area contributed by atoms with E-state index < -0.39 is 12.1 Å². The topological polar surface area (TPSA) is 123 Å². The molecule has 1 aliphatic heterocycles. The zero-order valence-corrected chi connectivity index (χ0v) is 16.9. The summed E-state index contributed by atoms with van der Waals surface area (Å²) in [4.78, 5) is 9.34. The number of carbonyl (C=O) groups is 1. The molecule has 0 saturated carbocycles. The molecule has 1 aliphatic rings. The number of carboxylic acid groups (broad SMARTS) is 1. The van der Waals surface area contributed by atoms with Crippen molar-refractivity contribution >= 4 is 16.7 Å². The maximum atomic E-state index is 9.87. The molecule has 158 valence electrons. The van der Waals surface area contributed by atoms with Gasteiger partial charge < -0.3 is 34.7 Å². The van der Waals surface area contributed by atoms with Gasteiger partial charge in [-0.3, -0.25) is 0 Å². The van der Waals surface area contributed by atoms with Crippen molar-refractivity contribution in [2.75, 3.05) is 14.2 Å². The van der Waals surface area contributed by atoms with Gasteiger partial charge in [-0.05, 0) is 42.1 Å². The summed E-state index contributed by atoms with van der Waals surface area (Å²) in [7, 11) is 3.26. The van der Waals surface area contributed by atoms with Gasteiger partial charge in [-0.25, -0.2) is 0 Å². The Morgan fingerprint density at radius 3 is 2.40 bits per heavy atom. The molecule has 3 aromatic rings. The third-order valence-corrected chi connectivity index (χ3v) is 4.94. The fraction of sp³-hybridized carbons (Fsp3) is 0.273. The Morgan fingerprint density at radius 1 is 1.13 bits per heavy atom. The Balaban J connectivity index is 0.000000377. The van der Waals surface area contributed by atoms with Gasteiger partial charge in [0.05, 0.1) is 37.2 Å². The van der Waals surface area contributed by atoms with Crippen molar-refractivity contribution in [2.24, 2.45) is 0 Å². The summed E-state index contributed by atoms with van der Waals surface area (Å²) in [5.74, 6) is -0.201. The Morgan fingerprint density at radius 2 is 1.80 bits per heavy atom. The van der Waals surface area contributed by atoms with E-state index in [0.29, 0.717) is 11.5 Å². The van der Waals surface area contributed by atoms with Crippen molar-refractivity contribution in [3.63, 3.8) is 0 Å². The summed E-state index contributed by atoms with van der Waals surface area (Å²) in [6.07, 6.45) is 1.50. The Bertz CT molecular complexity index is 1110. The Hall–Kier alpha value is -3.52.